The van der Waals surface area contributed by atoms with Crippen LogP contribution in [0.4, 0.5) is 11.4 Å². The van der Waals surface area contributed by atoms with Crippen LogP contribution < -0.4 is 14.9 Å². The van der Waals surface area contributed by atoms with Gasteiger partial charge >= 0.3 is 0 Å². The van der Waals surface area contributed by atoms with Crippen LogP contribution in [0.1, 0.15) is 5.56 Å². The highest BCUT2D eigenvalue weighted by molar-refractivity contribution is 7.97. The molecular formula is C17H21N3S. The molecule has 0 atom stereocenters. The lowest BCUT2D eigenvalue weighted by Gasteiger charge is -2.38. The van der Waals surface area contributed by atoms with Gasteiger partial charge in [-0.05, 0) is 48.7 Å². The molecule has 110 valence electrons. The highest BCUT2D eigenvalue weighted by Crippen LogP contribution is 2.28. The standard InChI is InChI=1S/C17H21N3S/c1-14-5-4-6-15(13-14)19-9-11-20(12-10-19)16-7-2-3-8-17(16)21-18/h2-8,13H,9-12,18H2,1H3. The van der Waals surface area contributed by atoms with Gasteiger partial charge in [0.2, 0.25) is 0 Å². The summed E-state index contributed by atoms with van der Waals surface area (Å²) in [6.45, 7) is 6.31. The summed E-state index contributed by atoms with van der Waals surface area (Å²) in [6, 6.07) is 17.1. The van der Waals surface area contributed by atoms with E-state index in [1.165, 1.54) is 28.9 Å². The molecule has 0 saturated carbocycles. The van der Waals surface area contributed by atoms with Crippen LogP contribution in [0.25, 0.3) is 0 Å². The predicted octanol–water partition coefficient (Wildman–Crippen LogP) is 3.29. The van der Waals surface area contributed by atoms with Crippen molar-refractivity contribution in [2.45, 2.75) is 11.8 Å². The molecule has 1 aliphatic rings. The molecule has 2 N–H and O–H groups in total. The summed E-state index contributed by atoms with van der Waals surface area (Å²) in [5, 5.41) is 5.77. The molecule has 21 heavy (non-hydrogen) atoms. The number of anilines is 2. The molecule has 1 heterocycles. The molecule has 1 saturated heterocycles. The second-order valence-corrected chi connectivity index (χ2v) is 6.07. The molecule has 3 nitrogen and oxygen atoms in total. The predicted molar refractivity (Wildman–Crippen MR) is 92.1 cm³/mol. The van der Waals surface area contributed by atoms with Crippen LogP contribution in [0.5, 0.6) is 0 Å². The molecule has 3 rings (SSSR count). The van der Waals surface area contributed by atoms with Crippen molar-refractivity contribution in [3.8, 4) is 0 Å². The van der Waals surface area contributed by atoms with E-state index in [4.69, 9.17) is 5.14 Å². The molecule has 2 aromatic carbocycles. The van der Waals surface area contributed by atoms with E-state index in [1.54, 1.807) is 0 Å². The smallest absolute Gasteiger partial charge is 0.0518 e. The molecule has 0 amide bonds. The summed E-state index contributed by atoms with van der Waals surface area (Å²) < 4.78 is 0. The number of piperazine rings is 1. The second-order valence-electron chi connectivity index (χ2n) is 5.40. The zero-order valence-electron chi connectivity index (χ0n) is 12.3. The van der Waals surface area contributed by atoms with Crippen molar-refractivity contribution in [2.75, 3.05) is 36.0 Å². The fourth-order valence-electron chi connectivity index (χ4n) is 2.85. The lowest BCUT2D eigenvalue weighted by Crippen LogP contribution is -2.46. The summed E-state index contributed by atoms with van der Waals surface area (Å²) in [7, 11) is 0. The number of hydrogen-bond donors (Lipinski definition) is 1. The fourth-order valence-corrected chi connectivity index (χ4v) is 3.32. The van der Waals surface area contributed by atoms with E-state index < -0.39 is 0 Å². The highest BCUT2D eigenvalue weighted by Gasteiger charge is 2.19. The molecule has 1 fully saturated rings. The van der Waals surface area contributed by atoms with Gasteiger partial charge in [0.25, 0.3) is 0 Å². The van der Waals surface area contributed by atoms with E-state index in [0.29, 0.717) is 0 Å². The molecule has 0 unspecified atom stereocenters. The minimum Gasteiger partial charge on any atom is -0.368 e. The zero-order chi connectivity index (χ0) is 14.7. The lowest BCUT2D eigenvalue weighted by molar-refractivity contribution is 0.650. The maximum absolute atomic E-state index is 5.77. The van der Waals surface area contributed by atoms with Crippen LogP contribution in [0.15, 0.2) is 53.4 Å². The summed E-state index contributed by atoms with van der Waals surface area (Å²) in [5.41, 5.74) is 3.91. The van der Waals surface area contributed by atoms with Crippen molar-refractivity contribution in [1.29, 1.82) is 0 Å². The van der Waals surface area contributed by atoms with Gasteiger partial charge in [-0.3, -0.25) is 5.14 Å². The van der Waals surface area contributed by atoms with Gasteiger partial charge in [-0.2, -0.15) is 0 Å². The lowest BCUT2D eigenvalue weighted by atomic mass is 10.2. The Morgan fingerprint density at radius 3 is 2.33 bits per heavy atom. The van der Waals surface area contributed by atoms with Gasteiger partial charge in [-0.25, -0.2) is 0 Å². The van der Waals surface area contributed by atoms with Crippen molar-refractivity contribution >= 4 is 23.3 Å². The number of benzene rings is 2. The van der Waals surface area contributed by atoms with Crippen LogP contribution in [-0.2, 0) is 0 Å². The van der Waals surface area contributed by atoms with Gasteiger partial charge in [0.15, 0.2) is 0 Å². The van der Waals surface area contributed by atoms with Crippen LogP contribution in [0, 0.1) is 6.92 Å². The summed E-state index contributed by atoms with van der Waals surface area (Å²) >= 11 is 1.33. The van der Waals surface area contributed by atoms with Crippen LogP contribution >= 0.6 is 11.9 Å². The first-order valence-corrected chi connectivity index (χ1v) is 8.18. The zero-order valence-corrected chi connectivity index (χ0v) is 13.1. The van der Waals surface area contributed by atoms with Crippen molar-refractivity contribution in [3.63, 3.8) is 0 Å². The van der Waals surface area contributed by atoms with Crippen molar-refractivity contribution in [1.82, 2.24) is 0 Å². The van der Waals surface area contributed by atoms with E-state index in [2.05, 4.69) is 59.2 Å². The molecule has 0 aromatic heterocycles. The molecule has 4 heteroatoms. The summed E-state index contributed by atoms with van der Waals surface area (Å²) in [6.07, 6.45) is 0. The van der Waals surface area contributed by atoms with Crippen LogP contribution in [0.2, 0.25) is 0 Å². The van der Waals surface area contributed by atoms with Crippen molar-refractivity contribution in [2.24, 2.45) is 5.14 Å². The quantitative estimate of drug-likeness (QED) is 0.882. The van der Waals surface area contributed by atoms with Crippen LogP contribution in [0.3, 0.4) is 0 Å². The maximum atomic E-state index is 5.77. The normalized spacial score (nSPS) is 15.3. The Morgan fingerprint density at radius 2 is 1.62 bits per heavy atom. The number of hydrogen-bond acceptors (Lipinski definition) is 4. The number of rotatable bonds is 3. The van der Waals surface area contributed by atoms with Gasteiger partial charge in [0, 0.05) is 36.8 Å². The molecule has 2 aromatic rings. The minimum absolute atomic E-state index is 1.03. The monoisotopic (exact) mass is 299 g/mol. The SMILES string of the molecule is Cc1cccc(N2CCN(c3ccccc3SN)CC2)c1. The van der Waals surface area contributed by atoms with E-state index in [9.17, 15) is 0 Å². The third-order valence-electron chi connectivity index (χ3n) is 3.98. The van der Waals surface area contributed by atoms with E-state index in [-0.39, 0.29) is 0 Å². The Morgan fingerprint density at radius 1 is 0.905 bits per heavy atom. The van der Waals surface area contributed by atoms with E-state index >= 15 is 0 Å². The van der Waals surface area contributed by atoms with Gasteiger partial charge in [-0.15, -0.1) is 0 Å². The average molecular weight is 299 g/mol. The molecule has 0 radical (unpaired) electrons. The Hall–Kier alpha value is -1.65. The Kier molecular flexibility index (Phi) is 4.36. The number of para-hydroxylation sites is 1. The third-order valence-corrected chi connectivity index (χ3v) is 4.58. The first-order valence-electron chi connectivity index (χ1n) is 7.30. The van der Waals surface area contributed by atoms with Gasteiger partial charge in [-0.1, -0.05) is 24.3 Å². The summed E-state index contributed by atoms with van der Waals surface area (Å²) in [4.78, 5) is 6.05. The molecule has 0 aliphatic carbocycles. The number of nitrogens with two attached hydrogens (primary N) is 1. The molecule has 1 aliphatic heterocycles. The van der Waals surface area contributed by atoms with E-state index in [0.717, 1.165) is 31.1 Å². The van der Waals surface area contributed by atoms with Crippen molar-refractivity contribution in [3.05, 3.63) is 54.1 Å². The maximum Gasteiger partial charge on any atom is 0.0518 e. The average Bonchev–Trinajstić information content (AvgIpc) is 2.55. The molecule has 0 spiro atoms. The topological polar surface area (TPSA) is 32.5 Å². The Bertz CT molecular complexity index is 606. The minimum atomic E-state index is 1.03. The molecule has 0 bridgehead atoms. The Labute approximate surface area is 130 Å². The second kappa shape index (κ2) is 6.41. The van der Waals surface area contributed by atoms with Crippen molar-refractivity contribution < 1.29 is 0 Å². The van der Waals surface area contributed by atoms with E-state index in [1.807, 2.05) is 6.07 Å². The molecular weight excluding hydrogens is 278 g/mol. The van der Waals surface area contributed by atoms with Gasteiger partial charge < -0.3 is 9.80 Å². The third kappa shape index (κ3) is 3.17. The largest absolute Gasteiger partial charge is 0.368 e. The number of nitrogens with zero attached hydrogens (tertiary/aromatic N) is 2. The first-order chi connectivity index (χ1) is 10.3. The first kappa shape index (κ1) is 14.3. The van der Waals surface area contributed by atoms with Gasteiger partial charge in [0.1, 0.15) is 0 Å². The fraction of sp³-hybridized carbons (Fsp3) is 0.294. The van der Waals surface area contributed by atoms with Gasteiger partial charge in [0.05, 0.1) is 5.69 Å². The highest BCUT2D eigenvalue weighted by atomic mass is 32.2. The van der Waals surface area contributed by atoms with Crippen LogP contribution in [-0.4, -0.2) is 26.2 Å². The summed E-state index contributed by atoms with van der Waals surface area (Å²) in [5.74, 6) is 0. The number of aryl methyl sites for hydroxylation is 1. The Balaban J connectivity index is 1.70.